The van der Waals surface area contributed by atoms with Gasteiger partial charge in [-0.2, -0.15) is 0 Å². The first kappa shape index (κ1) is 32.6. The quantitative estimate of drug-likeness (QED) is 0.171. The van der Waals surface area contributed by atoms with E-state index in [0.717, 1.165) is 61.0 Å². The molecule has 3 aromatic carbocycles. The molecule has 3 aromatic rings. The van der Waals surface area contributed by atoms with E-state index in [-0.39, 0.29) is 11.4 Å². The molecular formula is C41H51F3. The first-order valence-electron chi connectivity index (χ1n) is 17.5. The molecule has 236 valence electrons. The number of unbranched alkanes of at least 4 members (excludes halogenated alkanes) is 5. The molecule has 1 unspecified atom stereocenters. The number of halogens is 3. The molecule has 1 saturated carbocycles. The molecule has 0 heterocycles. The van der Waals surface area contributed by atoms with Gasteiger partial charge in [-0.1, -0.05) is 126 Å². The van der Waals surface area contributed by atoms with E-state index < -0.39 is 11.6 Å². The predicted molar refractivity (Wildman–Crippen MR) is 180 cm³/mol. The van der Waals surface area contributed by atoms with Crippen LogP contribution >= 0.6 is 0 Å². The Morgan fingerprint density at radius 1 is 0.614 bits per heavy atom. The molecule has 5 rings (SSSR count). The Hall–Kier alpha value is -2.81. The van der Waals surface area contributed by atoms with Gasteiger partial charge in [-0.05, 0) is 96.6 Å². The summed E-state index contributed by atoms with van der Waals surface area (Å²) in [4.78, 5) is 0. The van der Waals surface area contributed by atoms with Crippen molar-refractivity contribution in [2.75, 3.05) is 0 Å². The van der Waals surface area contributed by atoms with Crippen LogP contribution in [0.4, 0.5) is 13.2 Å². The zero-order valence-electron chi connectivity index (χ0n) is 27.0. The minimum absolute atomic E-state index is 0.244. The predicted octanol–water partition coefficient (Wildman–Crippen LogP) is 13.1. The largest absolute Gasteiger partial charge is 0.206 e. The van der Waals surface area contributed by atoms with Gasteiger partial charge in [0, 0.05) is 11.1 Å². The lowest BCUT2D eigenvalue weighted by atomic mass is 9.70. The molecule has 0 N–H and O–H groups in total. The molecule has 3 heteroatoms. The summed E-state index contributed by atoms with van der Waals surface area (Å²) in [6.07, 6.45) is 21.2. The molecule has 0 aliphatic heterocycles. The minimum atomic E-state index is -0.802. The smallest absolute Gasteiger partial charge is 0.166 e. The molecule has 0 spiro atoms. The molecule has 0 bridgehead atoms. The summed E-state index contributed by atoms with van der Waals surface area (Å²) in [5, 5.41) is 0. The molecule has 44 heavy (non-hydrogen) atoms. The Balaban J connectivity index is 1.19. The van der Waals surface area contributed by atoms with Crippen LogP contribution in [-0.4, -0.2) is 0 Å². The highest BCUT2D eigenvalue weighted by molar-refractivity contribution is 5.74. The van der Waals surface area contributed by atoms with Crippen LogP contribution in [-0.2, 0) is 6.42 Å². The van der Waals surface area contributed by atoms with E-state index in [1.165, 1.54) is 69.8 Å². The third kappa shape index (κ3) is 8.06. The van der Waals surface area contributed by atoms with E-state index in [0.29, 0.717) is 23.1 Å². The molecule has 0 amide bonds. The monoisotopic (exact) mass is 600 g/mol. The first-order valence-corrected chi connectivity index (χ1v) is 17.5. The maximum Gasteiger partial charge on any atom is 0.166 e. The van der Waals surface area contributed by atoms with Gasteiger partial charge in [-0.25, -0.2) is 13.2 Å². The zero-order chi connectivity index (χ0) is 30.9. The fourth-order valence-corrected chi connectivity index (χ4v) is 7.78. The second-order valence-electron chi connectivity index (χ2n) is 13.5. The normalized spacial score (nSPS) is 20.5. The lowest BCUT2D eigenvalue weighted by Gasteiger charge is -2.35. The number of benzene rings is 3. The van der Waals surface area contributed by atoms with Crippen LogP contribution in [0.3, 0.4) is 0 Å². The van der Waals surface area contributed by atoms with Gasteiger partial charge in [-0.3, -0.25) is 0 Å². The van der Waals surface area contributed by atoms with E-state index in [2.05, 4.69) is 19.9 Å². The van der Waals surface area contributed by atoms with Crippen molar-refractivity contribution in [2.45, 2.75) is 117 Å². The number of hydrogen-bond acceptors (Lipinski definition) is 0. The van der Waals surface area contributed by atoms with Gasteiger partial charge in [0.2, 0.25) is 0 Å². The molecule has 1 fully saturated rings. The maximum absolute atomic E-state index is 15.4. The van der Waals surface area contributed by atoms with Crippen molar-refractivity contribution in [3.8, 4) is 22.3 Å². The average Bonchev–Trinajstić information content (AvgIpc) is 3.05. The van der Waals surface area contributed by atoms with Crippen LogP contribution in [0.15, 0.2) is 60.7 Å². The Kier molecular flexibility index (Phi) is 11.8. The van der Waals surface area contributed by atoms with E-state index in [4.69, 9.17) is 0 Å². The molecule has 2 aliphatic carbocycles. The van der Waals surface area contributed by atoms with Crippen molar-refractivity contribution in [1.29, 1.82) is 0 Å². The van der Waals surface area contributed by atoms with E-state index in [1.54, 1.807) is 42.5 Å². The Morgan fingerprint density at radius 2 is 1.27 bits per heavy atom. The van der Waals surface area contributed by atoms with E-state index in [1.807, 2.05) is 12.1 Å². The summed E-state index contributed by atoms with van der Waals surface area (Å²) in [7, 11) is 0. The fourth-order valence-electron chi connectivity index (χ4n) is 7.78. The van der Waals surface area contributed by atoms with Crippen molar-refractivity contribution in [3.63, 3.8) is 0 Å². The molecule has 0 nitrogen and oxygen atoms in total. The fraction of sp³-hybridized carbons (Fsp3) is 0.512. The van der Waals surface area contributed by atoms with E-state index >= 15 is 8.78 Å². The van der Waals surface area contributed by atoms with Crippen LogP contribution in [0.5, 0.6) is 0 Å². The Morgan fingerprint density at radius 3 is 1.93 bits per heavy atom. The number of allylic oxidation sites excluding steroid dienone is 2. The lowest BCUT2D eigenvalue weighted by Crippen LogP contribution is -2.23. The summed E-state index contributed by atoms with van der Waals surface area (Å²) >= 11 is 0. The summed E-state index contributed by atoms with van der Waals surface area (Å²) in [5.74, 6) is 0.783. The van der Waals surface area contributed by atoms with E-state index in [9.17, 15) is 4.39 Å². The van der Waals surface area contributed by atoms with Gasteiger partial charge in [0.05, 0.1) is 0 Å². The lowest BCUT2D eigenvalue weighted by molar-refractivity contribution is 0.189. The van der Waals surface area contributed by atoms with Gasteiger partial charge < -0.3 is 0 Å². The SMILES string of the molecule is CCCCCCCCc1ccc(-c2ccc(-c3ccc(C4=CCC(C5CCC(CCC)CC5)CC4)cc3F)cc2)c(F)c1F. The molecule has 0 saturated heterocycles. The summed E-state index contributed by atoms with van der Waals surface area (Å²) in [6.45, 7) is 4.48. The van der Waals surface area contributed by atoms with Crippen LogP contribution in [0.25, 0.3) is 27.8 Å². The highest BCUT2D eigenvalue weighted by Gasteiger charge is 2.28. The topological polar surface area (TPSA) is 0 Å². The number of aryl methyl sites for hydroxylation is 1. The standard InChI is InChI=1S/C41H51F3/c1-3-5-6-7-8-9-11-35-24-27-38(41(44)40(35)43)34-22-20-33(21-23-34)37-26-25-36(28-39(37)42)32-18-16-31(17-19-32)30-14-12-29(10-4-2)13-15-30/h18,20-31H,3-17,19H2,1-2H3. The highest BCUT2D eigenvalue weighted by atomic mass is 19.2. The third-order valence-corrected chi connectivity index (χ3v) is 10.5. The highest BCUT2D eigenvalue weighted by Crippen LogP contribution is 2.42. The molecule has 2 aliphatic rings. The molecular weight excluding hydrogens is 549 g/mol. The average molecular weight is 601 g/mol. The van der Waals surface area contributed by atoms with Crippen LogP contribution in [0.2, 0.25) is 0 Å². The van der Waals surface area contributed by atoms with Crippen molar-refractivity contribution >= 4 is 5.57 Å². The van der Waals surface area contributed by atoms with Crippen molar-refractivity contribution < 1.29 is 13.2 Å². The zero-order valence-corrected chi connectivity index (χ0v) is 27.0. The maximum atomic E-state index is 15.4. The molecule has 1 atom stereocenters. The van der Waals surface area contributed by atoms with Crippen LogP contribution in [0, 0.1) is 35.2 Å². The van der Waals surface area contributed by atoms with Gasteiger partial charge in [0.15, 0.2) is 11.6 Å². The first-order chi connectivity index (χ1) is 21.5. The number of rotatable bonds is 13. The second-order valence-corrected chi connectivity index (χ2v) is 13.5. The van der Waals surface area contributed by atoms with Crippen molar-refractivity contribution in [2.24, 2.45) is 17.8 Å². The Bertz CT molecular complexity index is 1380. The third-order valence-electron chi connectivity index (χ3n) is 10.5. The number of hydrogen-bond donors (Lipinski definition) is 0. The summed E-state index contributed by atoms with van der Waals surface area (Å²) < 4.78 is 45.4. The Labute approximate surface area is 264 Å². The minimum Gasteiger partial charge on any atom is -0.206 e. The van der Waals surface area contributed by atoms with Crippen LogP contribution < -0.4 is 0 Å². The van der Waals surface area contributed by atoms with Crippen LogP contribution in [0.1, 0.15) is 121 Å². The van der Waals surface area contributed by atoms with Crippen molar-refractivity contribution in [3.05, 3.63) is 89.3 Å². The summed E-state index contributed by atoms with van der Waals surface area (Å²) in [5.41, 5.74) is 4.78. The van der Waals surface area contributed by atoms with Gasteiger partial charge >= 0.3 is 0 Å². The van der Waals surface area contributed by atoms with Crippen molar-refractivity contribution in [1.82, 2.24) is 0 Å². The van der Waals surface area contributed by atoms with Gasteiger partial charge in [0.25, 0.3) is 0 Å². The summed E-state index contributed by atoms with van der Waals surface area (Å²) in [6, 6.07) is 16.1. The van der Waals surface area contributed by atoms with Gasteiger partial charge in [-0.15, -0.1) is 0 Å². The van der Waals surface area contributed by atoms with Gasteiger partial charge in [0.1, 0.15) is 5.82 Å². The molecule has 0 radical (unpaired) electrons. The molecule has 0 aromatic heterocycles. The second kappa shape index (κ2) is 16.0.